The molecule has 1 N–H and O–H groups in total. The molecule has 0 spiro atoms. The van der Waals surface area contributed by atoms with Crippen molar-refractivity contribution in [3.05, 3.63) is 70.8 Å². The Kier molecular flexibility index (Phi) is 7.25. The maximum Gasteiger partial charge on any atom is 0.336 e. The van der Waals surface area contributed by atoms with E-state index in [0.717, 1.165) is 22.3 Å². The molecule has 0 aliphatic heterocycles. The lowest BCUT2D eigenvalue weighted by Gasteiger charge is -2.30. The van der Waals surface area contributed by atoms with Crippen LogP contribution in [0, 0.1) is 0 Å². The molecule has 160 valence electrons. The van der Waals surface area contributed by atoms with Crippen LogP contribution in [0.5, 0.6) is 5.75 Å². The second-order valence-corrected chi connectivity index (χ2v) is 9.58. The van der Waals surface area contributed by atoms with Crippen LogP contribution in [0.15, 0.2) is 48.5 Å². The van der Waals surface area contributed by atoms with Gasteiger partial charge in [0, 0.05) is 23.6 Å². The summed E-state index contributed by atoms with van der Waals surface area (Å²) in [6.07, 6.45) is 3.67. The van der Waals surface area contributed by atoms with E-state index in [0.29, 0.717) is 12.2 Å². The number of aliphatic carboxylic acids is 1. The molecule has 0 saturated heterocycles. The van der Waals surface area contributed by atoms with Crippen LogP contribution in [0.1, 0.15) is 70.2 Å². The molecule has 0 unspecified atom stereocenters. The van der Waals surface area contributed by atoms with Gasteiger partial charge in [0.05, 0.1) is 0 Å². The van der Waals surface area contributed by atoms with Crippen LogP contribution in [0.25, 0.3) is 6.08 Å². The molecule has 0 aromatic heterocycles. The highest BCUT2D eigenvalue weighted by Gasteiger charge is 2.29. The SMILES string of the molecule is CC(C)(C)c1cc(CCC(=O)O)cc(C(C)(C)C)c1OC(=O)C=Cc1ccccc1. The van der Waals surface area contributed by atoms with Gasteiger partial charge in [0.2, 0.25) is 0 Å². The molecule has 0 heterocycles. The summed E-state index contributed by atoms with van der Waals surface area (Å²) in [5, 5.41) is 9.08. The number of benzene rings is 2. The molecule has 0 bridgehead atoms. The van der Waals surface area contributed by atoms with Crippen molar-refractivity contribution in [2.45, 2.75) is 65.2 Å². The van der Waals surface area contributed by atoms with Gasteiger partial charge < -0.3 is 9.84 Å². The third-order valence-electron chi connectivity index (χ3n) is 4.81. The largest absolute Gasteiger partial charge is 0.481 e. The third-order valence-corrected chi connectivity index (χ3v) is 4.81. The standard InChI is InChI=1S/C26H32O4/c1-25(2,3)20-16-19(12-14-22(27)28)17-21(26(4,5)6)24(20)30-23(29)15-13-18-10-8-7-9-11-18/h7-11,13,15-17H,12,14H2,1-6H3,(H,27,28). The van der Waals surface area contributed by atoms with Crippen LogP contribution in [0.2, 0.25) is 0 Å². The number of carboxylic acids is 1. The second kappa shape index (κ2) is 9.29. The zero-order valence-corrected chi connectivity index (χ0v) is 18.8. The number of carbonyl (C=O) groups excluding carboxylic acids is 1. The predicted octanol–water partition coefficient (Wildman–Crippen LogP) is 5.92. The van der Waals surface area contributed by atoms with E-state index in [4.69, 9.17) is 9.84 Å². The summed E-state index contributed by atoms with van der Waals surface area (Å²) >= 11 is 0. The number of esters is 1. The maximum atomic E-state index is 12.7. The lowest BCUT2D eigenvalue weighted by Crippen LogP contribution is -2.22. The predicted molar refractivity (Wildman–Crippen MR) is 121 cm³/mol. The number of aryl methyl sites for hydroxylation is 1. The van der Waals surface area contributed by atoms with Gasteiger partial charge in [-0.05, 0) is 34.5 Å². The molecule has 0 fully saturated rings. The highest BCUT2D eigenvalue weighted by molar-refractivity contribution is 5.89. The Morgan fingerprint density at radius 1 is 0.933 bits per heavy atom. The van der Waals surface area contributed by atoms with Gasteiger partial charge in [-0.15, -0.1) is 0 Å². The topological polar surface area (TPSA) is 63.6 Å². The average Bonchev–Trinajstić information content (AvgIpc) is 2.64. The first kappa shape index (κ1) is 23.4. The van der Waals surface area contributed by atoms with Crippen LogP contribution < -0.4 is 4.74 Å². The zero-order valence-electron chi connectivity index (χ0n) is 18.8. The van der Waals surface area contributed by atoms with Crippen molar-refractivity contribution in [3.8, 4) is 5.75 Å². The number of rotatable bonds is 6. The monoisotopic (exact) mass is 408 g/mol. The Bertz CT molecular complexity index is 891. The molecule has 4 heteroatoms. The van der Waals surface area contributed by atoms with E-state index < -0.39 is 11.9 Å². The Morgan fingerprint density at radius 2 is 1.47 bits per heavy atom. The van der Waals surface area contributed by atoms with E-state index in [2.05, 4.69) is 41.5 Å². The minimum Gasteiger partial charge on any atom is -0.481 e. The summed E-state index contributed by atoms with van der Waals surface area (Å²) in [6, 6.07) is 13.5. The van der Waals surface area contributed by atoms with Crippen molar-refractivity contribution in [1.82, 2.24) is 0 Å². The van der Waals surface area contributed by atoms with E-state index in [1.165, 1.54) is 6.08 Å². The van der Waals surface area contributed by atoms with Crippen molar-refractivity contribution in [1.29, 1.82) is 0 Å². The van der Waals surface area contributed by atoms with Gasteiger partial charge in [-0.25, -0.2) is 4.79 Å². The summed E-state index contributed by atoms with van der Waals surface area (Å²) in [7, 11) is 0. The van der Waals surface area contributed by atoms with Crippen LogP contribution in [-0.2, 0) is 26.8 Å². The van der Waals surface area contributed by atoms with E-state index in [1.807, 2.05) is 42.5 Å². The van der Waals surface area contributed by atoms with E-state index in [1.54, 1.807) is 6.08 Å². The van der Waals surface area contributed by atoms with Crippen LogP contribution >= 0.6 is 0 Å². The highest BCUT2D eigenvalue weighted by atomic mass is 16.5. The Balaban J connectivity index is 2.48. The van der Waals surface area contributed by atoms with Gasteiger partial charge in [-0.1, -0.05) is 84.0 Å². The van der Waals surface area contributed by atoms with Crippen molar-refractivity contribution in [2.75, 3.05) is 0 Å². The number of carboxylic acid groups (broad SMARTS) is 1. The fourth-order valence-electron chi connectivity index (χ4n) is 3.17. The van der Waals surface area contributed by atoms with Gasteiger partial charge in [-0.3, -0.25) is 4.79 Å². The van der Waals surface area contributed by atoms with Crippen LogP contribution in [-0.4, -0.2) is 17.0 Å². The summed E-state index contributed by atoms with van der Waals surface area (Å²) in [5.41, 5.74) is 3.10. The molecule has 0 saturated carbocycles. The van der Waals surface area contributed by atoms with Crippen molar-refractivity contribution in [2.24, 2.45) is 0 Å². The number of ether oxygens (including phenoxy) is 1. The zero-order chi connectivity index (χ0) is 22.5. The second-order valence-electron chi connectivity index (χ2n) is 9.58. The first-order valence-corrected chi connectivity index (χ1v) is 10.2. The van der Waals surface area contributed by atoms with E-state index >= 15 is 0 Å². The quantitative estimate of drug-likeness (QED) is 0.366. The number of hydrogen-bond donors (Lipinski definition) is 1. The van der Waals surface area contributed by atoms with Gasteiger partial charge >= 0.3 is 11.9 Å². The minimum absolute atomic E-state index is 0.0616. The maximum absolute atomic E-state index is 12.7. The molecule has 0 atom stereocenters. The van der Waals surface area contributed by atoms with E-state index in [-0.39, 0.29) is 17.3 Å². The summed E-state index contributed by atoms with van der Waals surface area (Å²) in [5.74, 6) is -0.698. The molecule has 4 nitrogen and oxygen atoms in total. The van der Waals surface area contributed by atoms with Gasteiger partial charge in [-0.2, -0.15) is 0 Å². The molecule has 0 aliphatic carbocycles. The summed E-state index contributed by atoms with van der Waals surface area (Å²) in [6.45, 7) is 12.4. The molecule has 30 heavy (non-hydrogen) atoms. The molecule has 0 radical (unpaired) electrons. The third kappa shape index (κ3) is 6.58. The van der Waals surface area contributed by atoms with Crippen molar-refractivity contribution >= 4 is 18.0 Å². The fourth-order valence-corrected chi connectivity index (χ4v) is 3.17. The van der Waals surface area contributed by atoms with Gasteiger partial charge in [0.25, 0.3) is 0 Å². The summed E-state index contributed by atoms with van der Waals surface area (Å²) in [4.78, 5) is 23.7. The van der Waals surface area contributed by atoms with Crippen LogP contribution in [0.3, 0.4) is 0 Å². The van der Waals surface area contributed by atoms with Gasteiger partial charge in [0.1, 0.15) is 5.75 Å². The Morgan fingerprint density at radius 3 is 1.93 bits per heavy atom. The molecular weight excluding hydrogens is 376 g/mol. The molecule has 0 amide bonds. The summed E-state index contributed by atoms with van der Waals surface area (Å²) < 4.78 is 5.89. The van der Waals surface area contributed by atoms with Gasteiger partial charge in [0.15, 0.2) is 0 Å². The first-order valence-electron chi connectivity index (χ1n) is 10.2. The number of hydrogen-bond acceptors (Lipinski definition) is 3. The average molecular weight is 409 g/mol. The molecule has 2 aromatic carbocycles. The molecule has 2 aromatic rings. The normalized spacial score (nSPS) is 12.2. The van der Waals surface area contributed by atoms with E-state index in [9.17, 15) is 9.59 Å². The highest BCUT2D eigenvalue weighted by Crippen LogP contribution is 2.41. The molecule has 0 aliphatic rings. The first-order chi connectivity index (χ1) is 13.9. The lowest BCUT2D eigenvalue weighted by atomic mass is 9.78. The number of carbonyl (C=O) groups is 2. The Hall–Kier alpha value is -2.88. The van der Waals surface area contributed by atoms with Crippen molar-refractivity contribution < 1.29 is 19.4 Å². The Labute approximate surface area is 179 Å². The van der Waals surface area contributed by atoms with Crippen LogP contribution in [0.4, 0.5) is 0 Å². The van der Waals surface area contributed by atoms with Crippen molar-refractivity contribution in [3.63, 3.8) is 0 Å². The minimum atomic E-state index is -0.828. The molecule has 2 rings (SSSR count). The molecular formula is C26H32O4. The lowest BCUT2D eigenvalue weighted by molar-refractivity contribution is -0.137. The fraction of sp³-hybridized carbons (Fsp3) is 0.385. The smallest absolute Gasteiger partial charge is 0.336 e.